The van der Waals surface area contributed by atoms with Crippen molar-refractivity contribution in [1.82, 2.24) is 0 Å². The molecule has 5 nitrogen and oxygen atoms in total. The highest BCUT2D eigenvalue weighted by Gasteiger charge is 2.11. The van der Waals surface area contributed by atoms with Crippen molar-refractivity contribution in [3.63, 3.8) is 0 Å². The van der Waals surface area contributed by atoms with Gasteiger partial charge in [0.25, 0.3) is 0 Å². The van der Waals surface area contributed by atoms with Gasteiger partial charge in [0.15, 0.2) is 9.84 Å². The molecule has 26 heavy (non-hydrogen) atoms. The van der Waals surface area contributed by atoms with E-state index in [1.807, 2.05) is 38.1 Å². The molecule has 0 aliphatic heterocycles. The molecule has 0 fully saturated rings. The van der Waals surface area contributed by atoms with Gasteiger partial charge in [0.2, 0.25) is 5.91 Å². The third kappa shape index (κ3) is 6.19. The molecule has 1 amide bonds. The Hall–Kier alpha value is -2.34. The van der Waals surface area contributed by atoms with Gasteiger partial charge in [-0.05, 0) is 62.1 Å². The Morgan fingerprint density at radius 1 is 1.08 bits per heavy atom. The van der Waals surface area contributed by atoms with Gasteiger partial charge < -0.3 is 10.1 Å². The molecule has 0 atom stereocenters. The molecule has 1 N–H and O–H groups in total. The number of rotatable bonds is 8. The molecule has 0 aromatic heterocycles. The molecule has 0 aliphatic carbocycles. The number of hydrogen-bond donors (Lipinski definition) is 1. The van der Waals surface area contributed by atoms with Crippen molar-refractivity contribution < 1.29 is 17.9 Å². The lowest BCUT2D eigenvalue weighted by Gasteiger charge is -2.10. The van der Waals surface area contributed by atoms with Crippen molar-refractivity contribution >= 4 is 21.4 Å². The minimum atomic E-state index is -3.30. The molecule has 0 heterocycles. The number of unbranched alkanes of at least 4 members (excludes halogenated alkanes) is 1. The average Bonchev–Trinajstić information content (AvgIpc) is 2.55. The highest BCUT2D eigenvalue weighted by molar-refractivity contribution is 7.90. The van der Waals surface area contributed by atoms with Crippen molar-refractivity contribution in [3.05, 3.63) is 53.6 Å². The Kier molecular flexibility index (Phi) is 6.80. The van der Waals surface area contributed by atoms with Crippen LogP contribution in [0.25, 0.3) is 0 Å². The average molecular weight is 375 g/mol. The van der Waals surface area contributed by atoms with E-state index in [1.165, 1.54) is 6.07 Å². The minimum Gasteiger partial charge on any atom is -0.494 e. The Labute approximate surface area is 155 Å². The van der Waals surface area contributed by atoms with Gasteiger partial charge >= 0.3 is 0 Å². The molecular weight excluding hydrogens is 350 g/mol. The van der Waals surface area contributed by atoms with E-state index in [4.69, 9.17) is 4.74 Å². The Morgan fingerprint density at radius 3 is 2.54 bits per heavy atom. The summed E-state index contributed by atoms with van der Waals surface area (Å²) in [6.07, 6.45) is 2.98. The molecule has 0 unspecified atom stereocenters. The number of benzene rings is 2. The number of ether oxygens (including phenoxy) is 1. The summed E-state index contributed by atoms with van der Waals surface area (Å²) in [6.45, 7) is 4.40. The van der Waals surface area contributed by atoms with Crippen LogP contribution < -0.4 is 10.1 Å². The number of sulfone groups is 1. The van der Waals surface area contributed by atoms with Crippen molar-refractivity contribution in [1.29, 1.82) is 0 Å². The maximum Gasteiger partial charge on any atom is 0.224 e. The van der Waals surface area contributed by atoms with Gasteiger partial charge in [0, 0.05) is 18.4 Å². The third-order valence-corrected chi connectivity index (χ3v) is 5.08. The second-order valence-corrected chi connectivity index (χ2v) is 8.43. The van der Waals surface area contributed by atoms with Gasteiger partial charge in [0.1, 0.15) is 5.75 Å². The van der Waals surface area contributed by atoms with Gasteiger partial charge in [-0.1, -0.05) is 18.2 Å². The molecular formula is C20H25NO4S. The molecule has 2 rings (SSSR count). The molecule has 0 aliphatic rings. The fraction of sp³-hybridized carbons (Fsp3) is 0.350. The molecule has 2 aromatic rings. The lowest BCUT2D eigenvalue weighted by molar-refractivity contribution is -0.116. The predicted octanol–water partition coefficient (Wildman–Crippen LogP) is 3.89. The highest BCUT2D eigenvalue weighted by Crippen LogP contribution is 2.20. The maximum absolute atomic E-state index is 12.1. The molecule has 0 saturated heterocycles. The van der Waals surface area contributed by atoms with Crippen molar-refractivity contribution in [2.45, 2.75) is 38.0 Å². The summed E-state index contributed by atoms with van der Waals surface area (Å²) in [4.78, 5) is 12.3. The van der Waals surface area contributed by atoms with Crippen LogP contribution >= 0.6 is 0 Å². The standard InChI is InChI=1S/C20H25NO4S/c1-15-7-6-8-17(13-15)25-12-5-4-9-20(22)21-19-14-18(26(3,23)24)11-10-16(19)2/h6-8,10-11,13-14H,4-5,9,12H2,1-3H3,(H,21,22). The van der Waals surface area contributed by atoms with E-state index in [0.717, 1.165) is 29.6 Å². The molecule has 0 radical (unpaired) electrons. The third-order valence-electron chi connectivity index (χ3n) is 3.97. The van der Waals surface area contributed by atoms with Gasteiger partial charge in [-0.15, -0.1) is 0 Å². The Balaban J connectivity index is 1.78. The maximum atomic E-state index is 12.1. The summed E-state index contributed by atoms with van der Waals surface area (Å²) < 4.78 is 28.9. The van der Waals surface area contributed by atoms with E-state index in [2.05, 4.69) is 5.32 Å². The molecule has 2 aromatic carbocycles. The number of hydrogen-bond acceptors (Lipinski definition) is 4. The fourth-order valence-electron chi connectivity index (χ4n) is 2.46. The van der Waals surface area contributed by atoms with Crippen molar-refractivity contribution in [3.8, 4) is 5.75 Å². The normalized spacial score (nSPS) is 11.2. The second-order valence-electron chi connectivity index (χ2n) is 6.42. The number of nitrogens with one attached hydrogen (secondary N) is 1. The van der Waals surface area contributed by atoms with E-state index < -0.39 is 9.84 Å². The van der Waals surface area contributed by atoms with Gasteiger partial charge in [-0.25, -0.2) is 8.42 Å². The molecule has 140 valence electrons. The van der Waals surface area contributed by atoms with Crippen LogP contribution in [0.2, 0.25) is 0 Å². The van der Waals surface area contributed by atoms with Crippen LogP contribution in [0.3, 0.4) is 0 Å². The van der Waals surface area contributed by atoms with E-state index in [1.54, 1.807) is 12.1 Å². The second kappa shape index (κ2) is 8.85. The van der Waals surface area contributed by atoms with Crippen LogP contribution in [-0.4, -0.2) is 27.2 Å². The van der Waals surface area contributed by atoms with Crippen LogP contribution in [0.5, 0.6) is 5.75 Å². The number of aryl methyl sites for hydroxylation is 2. The summed E-state index contributed by atoms with van der Waals surface area (Å²) in [6, 6.07) is 12.6. The first-order chi connectivity index (χ1) is 12.3. The number of carbonyl (C=O) groups is 1. The van der Waals surface area contributed by atoms with E-state index in [9.17, 15) is 13.2 Å². The van der Waals surface area contributed by atoms with Crippen LogP contribution in [0.4, 0.5) is 5.69 Å². The largest absolute Gasteiger partial charge is 0.494 e. The summed E-state index contributed by atoms with van der Waals surface area (Å²) >= 11 is 0. The van der Waals surface area contributed by atoms with E-state index >= 15 is 0 Å². The summed E-state index contributed by atoms with van der Waals surface area (Å²) in [5.41, 5.74) is 2.51. The summed E-state index contributed by atoms with van der Waals surface area (Å²) in [5, 5.41) is 2.79. The first-order valence-corrected chi connectivity index (χ1v) is 10.4. The smallest absolute Gasteiger partial charge is 0.224 e. The van der Waals surface area contributed by atoms with Crippen LogP contribution in [-0.2, 0) is 14.6 Å². The zero-order valence-corrected chi connectivity index (χ0v) is 16.2. The van der Waals surface area contributed by atoms with Gasteiger partial charge in [0.05, 0.1) is 11.5 Å². The lowest BCUT2D eigenvalue weighted by Crippen LogP contribution is -2.13. The zero-order valence-electron chi connectivity index (χ0n) is 15.4. The Morgan fingerprint density at radius 2 is 1.85 bits per heavy atom. The first-order valence-electron chi connectivity index (χ1n) is 8.56. The first kappa shape index (κ1) is 20.0. The van der Waals surface area contributed by atoms with Crippen molar-refractivity contribution in [2.75, 3.05) is 18.2 Å². The van der Waals surface area contributed by atoms with Crippen LogP contribution in [0.15, 0.2) is 47.4 Å². The summed E-state index contributed by atoms with van der Waals surface area (Å²) in [5.74, 6) is 0.706. The molecule has 0 bridgehead atoms. The minimum absolute atomic E-state index is 0.130. The monoisotopic (exact) mass is 375 g/mol. The van der Waals surface area contributed by atoms with Crippen molar-refractivity contribution in [2.24, 2.45) is 0 Å². The van der Waals surface area contributed by atoms with Gasteiger partial charge in [-0.2, -0.15) is 0 Å². The summed E-state index contributed by atoms with van der Waals surface area (Å²) in [7, 11) is -3.30. The lowest BCUT2D eigenvalue weighted by atomic mass is 10.2. The topological polar surface area (TPSA) is 72.5 Å². The number of carbonyl (C=O) groups excluding carboxylic acids is 1. The quantitative estimate of drug-likeness (QED) is 0.711. The molecule has 0 saturated carbocycles. The SMILES string of the molecule is Cc1cccc(OCCCCC(=O)Nc2cc(S(C)(=O)=O)ccc2C)c1. The van der Waals surface area contributed by atoms with Crippen LogP contribution in [0, 0.1) is 13.8 Å². The Bertz CT molecular complexity index is 875. The molecule has 0 spiro atoms. The van der Waals surface area contributed by atoms with E-state index in [-0.39, 0.29) is 10.8 Å². The van der Waals surface area contributed by atoms with E-state index in [0.29, 0.717) is 25.1 Å². The predicted molar refractivity (Wildman–Crippen MR) is 103 cm³/mol. The fourth-order valence-corrected chi connectivity index (χ4v) is 3.11. The number of amides is 1. The highest BCUT2D eigenvalue weighted by atomic mass is 32.2. The van der Waals surface area contributed by atoms with Crippen LogP contribution in [0.1, 0.15) is 30.4 Å². The molecule has 6 heteroatoms. The number of anilines is 1. The van der Waals surface area contributed by atoms with Gasteiger partial charge in [-0.3, -0.25) is 4.79 Å². The zero-order chi connectivity index (χ0) is 19.2.